The number of halogens is 4. The molecule has 1 saturated carbocycles. The molecule has 1 fully saturated rings. The summed E-state index contributed by atoms with van der Waals surface area (Å²) in [6.07, 6.45) is 3.47. The lowest BCUT2D eigenvalue weighted by atomic mass is 9.91. The van der Waals surface area contributed by atoms with E-state index in [1.807, 2.05) is 0 Å². The molecule has 0 bridgehead atoms. The molecule has 5 heteroatoms. The van der Waals surface area contributed by atoms with Gasteiger partial charge in [0.25, 0.3) is 0 Å². The second kappa shape index (κ2) is 6.44. The summed E-state index contributed by atoms with van der Waals surface area (Å²) in [5, 5.41) is 0.820. The second-order valence-corrected chi connectivity index (χ2v) is 6.21. The predicted octanol–water partition coefficient (Wildman–Crippen LogP) is 4.48. The first-order chi connectivity index (χ1) is 8.63. The van der Waals surface area contributed by atoms with Crippen LogP contribution in [-0.4, -0.2) is 22.8 Å². The molecule has 1 nitrogen and oxygen atoms in total. The van der Waals surface area contributed by atoms with Crippen LogP contribution in [0.1, 0.15) is 24.8 Å². The Balaban J connectivity index is 2.17. The van der Waals surface area contributed by atoms with Gasteiger partial charge in [-0.2, -0.15) is 0 Å². The van der Waals surface area contributed by atoms with Gasteiger partial charge >= 0.3 is 0 Å². The van der Waals surface area contributed by atoms with Gasteiger partial charge in [0.05, 0.1) is 4.47 Å². The fourth-order valence-corrected chi connectivity index (χ4v) is 3.00. The maximum absolute atomic E-state index is 13.9. The molecule has 0 aromatic heterocycles. The number of hydrogen-bond donors (Lipinski definition) is 0. The van der Waals surface area contributed by atoms with Crippen LogP contribution < -0.4 is 0 Å². The van der Waals surface area contributed by atoms with Crippen LogP contribution in [0, 0.1) is 11.6 Å². The van der Waals surface area contributed by atoms with Crippen molar-refractivity contribution in [3.63, 3.8) is 0 Å². The molecule has 0 amide bonds. The molecule has 1 aliphatic rings. The van der Waals surface area contributed by atoms with Crippen LogP contribution in [0.2, 0.25) is 0 Å². The molecule has 0 radical (unpaired) electrons. The lowest BCUT2D eigenvalue weighted by molar-refractivity contribution is 0.125. The highest BCUT2D eigenvalue weighted by atomic mass is 79.9. The van der Waals surface area contributed by atoms with Crippen LogP contribution >= 0.6 is 31.9 Å². The summed E-state index contributed by atoms with van der Waals surface area (Å²) in [7, 11) is 0. The Kier molecular flexibility index (Phi) is 5.15. The lowest BCUT2D eigenvalue weighted by Gasteiger charge is -2.37. The van der Waals surface area contributed by atoms with Crippen LogP contribution in [-0.2, 0) is 6.54 Å². The highest BCUT2D eigenvalue weighted by Gasteiger charge is 2.26. The summed E-state index contributed by atoms with van der Waals surface area (Å²) >= 11 is 6.51. The first-order valence-corrected chi connectivity index (χ1v) is 7.97. The largest absolute Gasteiger partial charge is 0.295 e. The van der Waals surface area contributed by atoms with Crippen LogP contribution in [0.15, 0.2) is 16.6 Å². The molecule has 0 N–H and O–H groups in total. The standard InChI is InChI=1S/C13H15Br2F2N/c14-6-7-18(9-2-1-3-9)8-10-12(16)5-4-11(15)13(10)17/h4-5,9H,1-3,6-8H2. The molecule has 0 heterocycles. The van der Waals surface area contributed by atoms with E-state index in [1.165, 1.54) is 18.6 Å². The van der Waals surface area contributed by atoms with Gasteiger partial charge in [0.1, 0.15) is 11.6 Å². The fourth-order valence-electron chi connectivity index (χ4n) is 2.17. The molecular weight excluding hydrogens is 368 g/mol. The van der Waals surface area contributed by atoms with Crippen molar-refractivity contribution >= 4 is 31.9 Å². The van der Waals surface area contributed by atoms with Gasteiger partial charge in [-0.1, -0.05) is 22.4 Å². The summed E-state index contributed by atoms with van der Waals surface area (Å²) in [6.45, 7) is 1.16. The topological polar surface area (TPSA) is 3.24 Å². The molecule has 0 saturated heterocycles. The van der Waals surface area contributed by atoms with Crippen molar-refractivity contribution in [1.29, 1.82) is 0 Å². The first kappa shape index (κ1) is 14.4. The molecule has 18 heavy (non-hydrogen) atoms. The van der Waals surface area contributed by atoms with Crippen molar-refractivity contribution in [2.45, 2.75) is 31.8 Å². The average Bonchev–Trinajstić information content (AvgIpc) is 2.27. The Bertz CT molecular complexity index is 422. The normalized spacial score (nSPS) is 16.1. The minimum Gasteiger partial charge on any atom is -0.295 e. The Morgan fingerprint density at radius 2 is 2.00 bits per heavy atom. The Morgan fingerprint density at radius 3 is 2.56 bits per heavy atom. The van der Waals surface area contributed by atoms with Gasteiger partial charge < -0.3 is 0 Å². The third-order valence-corrected chi connectivity index (χ3v) is 4.43. The highest BCUT2D eigenvalue weighted by molar-refractivity contribution is 9.10. The molecule has 1 aliphatic carbocycles. The number of alkyl halides is 1. The van der Waals surface area contributed by atoms with Crippen LogP contribution in [0.5, 0.6) is 0 Å². The minimum absolute atomic E-state index is 0.164. The summed E-state index contributed by atoms with van der Waals surface area (Å²) < 4.78 is 28.0. The second-order valence-electron chi connectivity index (χ2n) is 4.57. The summed E-state index contributed by atoms with van der Waals surface area (Å²) in [4.78, 5) is 2.16. The van der Waals surface area contributed by atoms with E-state index in [9.17, 15) is 8.78 Å². The maximum Gasteiger partial charge on any atom is 0.144 e. The fraction of sp³-hybridized carbons (Fsp3) is 0.538. The number of benzene rings is 1. The molecule has 0 unspecified atom stereocenters. The molecule has 0 aliphatic heterocycles. The van der Waals surface area contributed by atoms with Crippen molar-refractivity contribution in [2.75, 3.05) is 11.9 Å². The van der Waals surface area contributed by atoms with Gasteiger partial charge in [-0.05, 0) is 40.9 Å². The molecule has 100 valence electrons. The summed E-state index contributed by atoms with van der Waals surface area (Å²) in [5.74, 6) is -0.941. The molecule has 1 aromatic rings. The van der Waals surface area contributed by atoms with Crippen molar-refractivity contribution in [3.8, 4) is 0 Å². The minimum atomic E-state index is -0.478. The zero-order chi connectivity index (χ0) is 13.1. The number of rotatable bonds is 5. The van der Waals surface area contributed by atoms with E-state index >= 15 is 0 Å². The van der Waals surface area contributed by atoms with E-state index < -0.39 is 11.6 Å². The smallest absolute Gasteiger partial charge is 0.144 e. The van der Waals surface area contributed by atoms with Crippen LogP contribution in [0.25, 0.3) is 0 Å². The van der Waals surface area contributed by atoms with Crippen LogP contribution in [0.3, 0.4) is 0 Å². The van der Waals surface area contributed by atoms with Crippen molar-refractivity contribution in [1.82, 2.24) is 4.90 Å². The van der Waals surface area contributed by atoms with E-state index in [0.717, 1.165) is 24.7 Å². The van der Waals surface area contributed by atoms with E-state index in [0.29, 0.717) is 17.1 Å². The van der Waals surface area contributed by atoms with Gasteiger partial charge in [0, 0.05) is 30.0 Å². The van der Waals surface area contributed by atoms with Gasteiger partial charge in [0.2, 0.25) is 0 Å². The van der Waals surface area contributed by atoms with E-state index in [2.05, 4.69) is 36.8 Å². The van der Waals surface area contributed by atoms with Gasteiger partial charge in [-0.15, -0.1) is 0 Å². The third kappa shape index (κ3) is 3.11. The van der Waals surface area contributed by atoms with E-state index in [-0.39, 0.29) is 5.56 Å². The number of hydrogen-bond acceptors (Lipinski definition) is 1. The van der Waals surface area contributed by atoms with E-state index in [1.54, 1.807) is 0 Å². The van der Waals surface area contributed by atoms with Gasteiger partial charge in [-0.25, -0.2) is 8.78 Å². The zero-order valence-corrected chi connectivity index (χ0v) is 13.1. The Labute approximate surface area is 123 Å². The van der Waals surface area contributed by atoms with Gasteiger partial charge in [-0.3, -0.25) is 4.90 Å². The monoisotopic (exact) mass is 381 g/mol. The molecule has 0 spiro atoms. The van der Waals surface area contributed by atoms with Gasteiger partial charge in [0.15, 0.2) is 0 Å². The Morgan fingerprint density at radius 1 is 1.28 bits per heavy atom. The van der Waals surface area contributed by atoms with E-state index in [4.69, 9.17) is 0 Å². The molecule has 0 atom stereocenters. The maximum atomic E-state index is 13.9. The quantitative estimate of drug-likeness (QED) is 0.536. The van der Waals surface area contributed by atoms with Crippen LogP contribution in [0.4, 0.5) is 8.78 Å². The highest BCUT2D eigenvalue weighted by Crippen LogP contribution is 2.29. The zero-order valence-electron chi connectivity index (χ0n) is 9.93. The average molecular weight is 383 g/mol. The summed E-state index contributed by atoms with van der Waals surface area (Å²) in [6, 6.07) is 3.20. The van der Waals surface area contributed by atoms with Crippen molar-refractivity contribution in [3.05, 3.63) is 33.8 Å². The lowest BCUT2D eigenvalue weighted by Crippen LogP contribution is -2.41. The van der Waals surface area contributed by atoms with Crippen molar-refractivity contribution < 1.29 is 8.78 Å². The molecule has 2 rings (SSSR count). The first-order valence-electron chi connectivity index (χ1n) is 6.06. The predicted molar refractivity (Wildman–Crippen MR) is 75.9 cm³/mol. The Hall–Kier alpha value is -0.000000000000000111. The van der Waals surface area contributed by atoms with Crippen molar-refractivity contribution in [2.24, 2.45) is 0 Å². The SMILES string of the molecule is Fc1ccc(Br)c(F)c1CN(CCBr)C1CCC1. The third-order valence-electron chi connectivity index (χ3n) is 3.46. The number of nitrogens with zero attached hydrogens (tertiary/aromatic N) is 1. The molecular formula is C13H15Br2F2N. The molecule has 1 aromatic carbocycles. The summed E-state index contributed by atoms with van der Waals surface area (Å²) in [5.41, 5.74) is 0.164.